The normalized spacial score (nSPS) is 18.7. The fourth-order valence-electron chi connectivity index (χ4n) is 3.79. The first-order valence-corrected chi connectivity index (χ1v) is 10.9. The molecule has 0 bridgehead atoms. The van der Waals surface area contributed by atoms with Crippen molar-refractivity contribution in [3.05, 3.63) is 30.3 Å². The number of aliphatic imine (C=N–C) groups is 1. The van der Waals surface area contributed by atoms with Gasteiger partial charge in [-0.3, -0.25) is 9.69 Å². The molecule has 3 rings (SSSR count). The van der Waals surface area contributed by atoms with E-state index in [9.17, 15) is 4.79 Å². The SMILES string of the molecule is CCNC(=NCC(C)Oc1ccccc1)N1CCN(CC(=O)N2CCCC2)CC1.I. The maximum absolute atomic E-state index is 12.4. The molecule has 168 valence electrons. The van der Waals surface area contributed by atoms with Gasteiger partial charge < -0.3 is 19.9 Å². The second-order valence-electron chi connectivity index (χ2n) is 7.79. The zero-order valence-corrected chi connectivity index (χ0v) is 20.6. The van der Waals surface area contributed by atoms with Gasteiger partial charge in [-0.15, -0.1) is 24.0 Å². The van der Waals surface area contributed by atoms with Gasteiger partial charge in [0.05, 0.1) is 13.1 Å². The molecule has 1 atom stereocenters. The number of hydrogen-bond donors (Lipinski definition) is 1. The van der Waals surface area contributed by atoms with Crippen LogP contribution in [0.3, 0.4) is 0 Å². The minimum Gasteiger partial charge on any atom is -0.489 e. The molecule has 2 saturated heterocycles. The minimum absolute atomic E-state index is 0. The first-order valence-electron chi connectivity index (χ1n) is 10.9. The Labute approximate surface area is 197 Å². The second kappa shape index (κ2) is 13.0. The van der Waals surface area contributed by atoms with Gasteiger partial charge in [-0.1, -0.05) is 18.2 Å². The number of likely N-dealkylation sites (tertiary alicyclic amines) is 1. The summed E-state index contributed by atoms with van der Waals surface area (Å²) in [5, 5.41) is 3.40. The van der Waals surface area contributed by atoms with Crippen LogP contribution in [0.2, 0.25) is 0 Å². The molecule has 0 saturated carbocycles. The Morgan fingerprint density at radius 2 is 1.73 bits per heavy atom. The van der Waals surface area contributed by atoms with Gasteiger partial charge in [0.2, 0.25) is 5.91 Å². The zero-order chi connectivity index (χ0) is 20.5. The summed E-state index contributed by atoms with van der Waals surface area (Å²) < 4.78 is 5.94. The van der Waals surface area contributed by atoms with Crippen LogP contribution in [-0.4, -0.2) is 91.6 Å². The first-order chi connectivity index (χ1) is 14.2. The van der Waals surface area contributed by atoms with E-state index in [1.807, 2.05) is 42.2 Å². The number of rotatable bonds is 7. The van der Waals surface area contributed by atoms with Crippen molar-refractivity contribution in [3.63, 3.8) is 0 Å². The molecule has 0 aromatic heterocycles. The van der Waals surface area contributed by atoms with E-state index in [1.54, 1.807) is 0 Å². The van der Waals surface area contributed by atoms with Crippen LogP contribution in [0.1, 0.15) is 26.7 Å². The summed E-state index contributed by atoms with van der Waals surface area (Å²) in [4.78, 5) is 23.7. The molecular formula is C22H36IN5O2. The van der Waals surface area contributed by atoms with Gasteiger partial charge in [-0.2, -0.15) is 0 Å². The Hall–Kier alpha value is -1.55. The molecule has 0 radical (unpaired) electrons. The van der Waals surface area contributed by atoms with Gasteiger partial charge >= 0.3 is 0 Å². The van der Waals surface area contributed by atoms with Crippen molar-refractivity contribution >= 4 is 35.8 Å². The third kappa shape index (κ3) is 7.61. The van der Waals surface area contributed by atoms with E-state index in [2.05, 4.69) is 22.0 Å². The fourth-order valence-corrected chi connectivity index (χ4v) is 3.79. The third-order valence-corrected chi connectivity index (χ3v) is 5.40. The number of hydrogen-bond acceptors (Lipinski definition) is 4. The van der Waals surface area contributed by atoms with Crippen LogP contribution in [0.5, 0.6) is 5.75 Å². The van der Waals surface area contributed by atoms with E-state index < -0.39 is 0 Å². The number of halogens is 1. The summed E-state index contributed by atoms with van der Waals surface area (Å²) in [5.74, 6) is 2.08. The van der Waals surface area contributed by atoms with E-state index in [1.165, 1.54) is 0 Å². The van der Waals surface area contributed by atoms with Gasteiger partial charge in [0.15, 0.2) is 5.96 Å². The molecule has 1 aromatic carbocycles. The number of carbonyl (C=O) groups excluding carboxylic acids is 1. The van der Waals surface area contributed by atoms with Crippen molar-refractivity contribution in [2.24, 2.45) is 4.99 Å². The number of carbonyl (C=O) groups is 1. The van der Waals surface area contributed by atoms with Crippen LogP contribution >= 0.6 is 24.0 Å². The molecule has 1 unspecified atom stereocenters. The van der Waals surface area contributed by atoms with Gasteiger partial charge in [0.25, 0.3) is 0 Å². The van der Waals surface area contributed by atoms with Crippen molar-refractivity contribution in [2.75, 3.05) is 58.9 Å². The molecule has 0 spiro atoms. The third-order valence-electron chi connectivity index (χ3n) is 5.40. The maximum atomic E-state index is 12.4. The fraction of sp³-hybridized carbons (Fsp3) is 0.636. The number of para-hydroxylation sites is 1. The smallest absolute Gasteiger partial charge is 0.236 e. The average molecular weight is 529 g/mol. The highest BCUT2D eigenvalue weighted by atomic mass is 127. The largest absolute Gasteiger partial charge is 0.489 e. The molecule has 30 heavy (non-hydrogen) atoms. The highest BCUT2D eigenvalue weighted by Gasteiger charge is 2.24. The van der Waals surface area contributed by atoms with E-state index in [0.717, 1.165) is 70.4 Å². The van der Waals surface area contributed by atoms with Crippen LogP contribution in [0.15, 0.2) is 35.3 Å². The molecule has 7 nitrogen and oxygen atoms in total. The van der Waals surface area contributed by atoms with Gasteiger partial charge in [0, 0.05) is 45.8 Å². The molecular weight excluding hydrogens is 493 g/mol. The molecule has 1 N–H and O–H groups in total. The summed E-state index contributed by atoms with van der Waals surface area (Å²) in [5.41, 5.74) is 0. The van der Waals surface area contributed by atoms with Gasteiger partial charge in [-0.05, 0) is 38.8 Å². The number of benzene rings is 1. The van der Waals surface area contributed by atoms with E-state index in [0.29, 0.717) is 13.1 Å². The number of nitrogens with zero attached hydrogens (tertiary/aromatic N) is 4. The van der Waals surface area contributed by atoms with Crippen LogP contribution in [-0.2, 0) is 4.79 Å². The molecule has 2 aliphatic rings. The highest BCUT2D eigenvalue weighted by molar-refractivity contribution is 14.0. The lowest BCUT2D eigenvalue weighted by molar-refractivity contribution is -0.131. The Morgan fingerprint density at radius 1 is 1.07 bits per heavy atom. The topological polar surface area (TPSA) is 60.4 Å². The number of guanidine groups is 1. The first kappa shape index (κ1) is 24.7. The number of ether oxygens (including phenoxy) is 1. The zero-order valence-electron chi connectivity index (χ0n) is 18.3. The Bertz CT molecular complexity index is 659. The minimum atomic E-state index is 0. The van der Waals surface area contributed by atoms with Gasteiger partial charge in [0.1, 0.15) is 11.9 Å². The molecule has 1 amide bonds. The molecule has 8 heteroatoms. The van der Waals surface area contributed by atoms with Crippen molar-refractivity contribution in [1.29, 1.82) is 0 Å². The molecule has 0 aliphatic carbocycles. The van der Waals surface area contributed by atoms with Crippen LogP contribution in [0, 0.1) is 0 Å². The van der Waals surface area contributed by atoms with Crippen molar-refractivity contribution < 1.29 is 9.53 Å². The highest BCUT2D eigenvalue weighted by Crippen LogP contribution is 2.12. The average Bonchev–Trinajstić information content (AvgIpc) is 3.28. The lowest BCUT2D eigenvalue weighted by atomic mass is 10.3. The van der Waals surface area contributed by atoms with E-state index in [4.69, 9.17) is 9.73 Å². The standard InChI is InChI=1S/C22H35N5O2.HI/c1-3-23-22(24-17-19(2)29-20-9-5-4-6-10-20)27-15-13-25(14-16-27)18-21(28)26-11-7-8-12-26;/h4-6,9-10,19H,3,7-8,11-18H2,1-2H3,(H,23,24);1H. The van der Waals surface area contributed by atoms with Crippen LogP contribution < -0.4 is 10.1 Å². The van der Waals surface area contributed by atoms with Crippen LogP contribution in [0.4, 0.5) is 0 Å². The summed E-state index contributed by atoms with van der Waals surface area (Å²) in [6.07, 6.45) is 2.30. The summed E-state index contributed by atoms with van der Waals surface area (Å²) in [7, 11) is 0. The van der Waals surface area contributed by atoms with Crippen molar-refractivity contribution in [2.45, 2.75) is 32.8 Å². The monoisotopic (exact) mass is 529 g/mol. The molecule has 1 aromatic rings. The number of nitrogens with one attached hydrogen (secondary N) is 1. The van der Waals surface area contributed by atoms with Crippen molar-refractivity contribution in [1.82, 2.24) is 20.0 Å². The number of piperazine rings is 1. The van der Waals surface area contributed by atoms with Crippen LogP contribution in [0.25, 0.3) is 0 Å². The van der Waals surface area contributed by atoms with E-state index in [-0.39, 0.29) is 36.0 Å². The lowest BCUT2D eigenvalue weighted by Crippen LogP contribution is -2.54. The number of amides is 1. The second-order valence-corrected chi connectivity index (χ2v) is 7.79. The predicted octanol–water partition coefficient (Wildman–Crippen LogP) is 2.28. The predicted molar refractivity (Wildman–Crippen MR) is 132 cm³/mol. The van der Waals surface area contributed by atoms with Crippen molar-refractivity contribution in [3.8, 4) is 5.75 Å². The maximum Gasteiger partial charge on any atom is 0.236 e. The summed E-state index contributed by atoms with van der Waals surface area (Å²) >= 11 is 0. The lowest BCUT2D eigenvalue weighted by Gasteiger charge is -2.36. The quantitative estimate of drug-likeness (QED) is 0.334. The van der Waals surface area contributed by atoms with E-state index >= 15 is 0 Å². The Morgan fingerprint density at radius 3 is 2.37 bits per heavy atom. The molecule has 2 fully saturated rings. The Balaban J connectivity index is 0.00000320. The Kier molecular flexibility index (Phi) is 10.7. The molecule has 2 aliphatic heterocycles. The summed E-state index contributed by atoms with van der Waals surface area (Å²) in [6, 6.07) is 9.87. The van der Waals surface area contributed by atoms with Gasteiger partial charge in [-0.25, -0.2) is 4.99 Å². The summed E-state index contributed by atoms with van der Waals surface area (Å²) in [6.45, 7) is 11.5. The molecule has 2 heterocycles.